The van der Waals surface area contributed by atoms with Crippen molar-refractivity contribution in [2.45, 2.75) is 6.92 Å². The van der Waals surface area contributed by atoms with Gasteiger partial charge in [0.15, 0.2) is 11.5 Å². The van der Waals surface area contributed by atoms with E-state index in [0.717, 1.165) is 27.7 Å². The van der Waals surface area contributed by atoms with Crippen molar-refractivity contribution in [3.8, 4) is 22.8 Å². The van der Waals surface area contributed by atoms with Crippen LogP contribution in [-0.4, -0.2) is 17.2 Å². The standard InChI is InChI=1S/C21H16ClNO2/c1-12-9-18(14-10-16(22)21(24)19(11-14)25-2)23-17-8-7-13-5-3-4-6-15(13)20(12)17/h3-11,24H,1-2H3. The van der Waals surface area contributed by atoms with Crippen LogP contribution in [0.25, 0.3) is 32.9 Å². The molecule has 4 aromatic rings. The predicted octanol–water partition coefficient (Wildman–Crippen LogP) is 5.73. The van der Waals surface area contributed by atoms with Gasteiger partial charge in [-0.1, -0.05) is 41.9 Å². The molecule has 4 heteroatoms. The molecule has 0 fully saturated rings. The smallest absolute Gasteiger partial charge is 0.176 e. The molecule has 3 nitrogen and oxygen atoms in total. The zero-order valence-corrected chi connectivity index (χ0v) is 14.6. The van der Waals surface area contributed by atoms with Gasteiger partial charge in [-0.2, -0.15) is 0 Å². The first-order chi connectivity index (χ1) is 12.1. The van der Waals surface area contributed by atoms with Crippen molar-refractivity contribution in [3.05, 3.63) is 65.2 Å². The number of ether oxygens (including phenoxy) is 1. The van der Waals surface area contributed by atoms with E-state index < -0.39 is 0 Å². The third-order valence-electron chi connectivity index (χ3n) is 4.44. The highest BCUT2D eigenvalue weighted by molar-refractivity contribution is 6.32. The predicted molar refractivity (Wildman–Crippen MR) is 103 cm³/mol. The zero-order chi connectivity index (χ0) is 17.6. The van der Waals surface area contributed by atoms with Crippen molar-refractivity contribution in [2.75, 3.05) is 7.11 Å². The SMILES string of the molecule is COc1cc(-c2cc(C)c3c(ccc4ccccc43)n2)cc(Cl)c1O. The molecule has 0 aliphatic heterocycles. The fraction of sp³-hybridized carbons (Fsp3) is 0.0952. The molecule has 124 valence electrons. The summed E-state index contributed by atoms with van der Waals surface area (Å²) in [5.41, 5.74) is 3.66. The topological polar surface area (TPSA) is 42.4 Å². The Morgan fingerprint density at radius 2 is 1.84 bits per heavy atom. The van der Waals surface area contributed by atoms with Gasteiger partial charge in [0.2, 0.25) is 0 Å². The summed E-state index contributed by atoms with van der Waals surface area (Å²) >= 11 is 6.13. The van der Waals surface area contributed by atoms with Gasteiger partial charge < -0.3 is 9.84 Å². The lowest BCUT2D eigenvalue weighted by molar-refractivity contribution is 0.374. The Kier molecular flexibility index (Phi) is 3.74. The molecule has 0 saturated carbocycles. The summed E-state index contributed by atoms with van der Waals surface area (Å²) in [7, 11) is 1.50. The summed E-state index contributed by atoms with van der Waals surface area (Å²) in [6.07, 6.45) is 0. The second-order valence-corrected chi connectivity index (χ2v) is 6.42. The number of aromatic nitrogens is 1. The van der Waals surface area contributed by atoms with Gasteiger partial charge in [0.25, 0.3) is 0 Å². The van der Waals surface area contributed by atoms with E-state index in [0.29, 0.717) is 5.75 Å². The van der Waals surface area contributed by atoms with Crippen LogP contribution in [-0.2, 0) is 0 Å². The molecule has 0 bridgehead atoms. The normalized spacial score (nSPS) is 11.2. The highest BCUT2D eigenvalue weighted by Gasteiger charge is 2.13. The first-order valence-electron chi connectivity index (χ1n) is 7.94. The fourth-order valence-electron chi connectivity index (χ4n) is 3.23. The average Bonchev–Trinajstić information content (AvgIpc) is 2.63. The first-order valence-corrected chi connectivity index (χ1v) is 8.32. The minimum Gasteiger partial charge on any atom is -0.503 e. The molecular formula is C21H16ClNO2. The van der Waals surface area contributed by atoms with Crippen LogP contribution in [0.3, 0.4) is 0 Å². The molecule has 0 spiro atoms. The molecule has 0 aliphatic rings. The molecule has 1 heterocycles. The van der Waals surface area contributed by atoms with Gasteiger partial charge in [-0.15, -0.1) is 0 Å². The molecule has 0 saturated heterocycles. The van der Waals surface area contributed by atoms with Crippen LogP contribution >= 0.6 is 11.6 Å². The Balaban J connectivity index is 1.99. The van der Waals surface area contributed by atoms with Crippen molar-refractivity contribution in [1.29, 1.82) is 0 Å². The monoisotopic (exact) mass is 349 g/mol. The summed E-state index contributed by atoms with van der Waals surface area (Å²) in [5, 5.41) is 13.7. The third-order valence-corrected chi connectivity index (χ3v) is 4.73. The van der Waals surface area contributed by atoms with E-state index in [4.69, 9.17) is 21.3 Å². The Morgan fingerprint density at radius 3 is 2.64 bits per heavy atom. The van der Waals surface area contributed by atoms with Crippen LogP contribution in [0, 0.1) is 6.92 Å². The number of methoxy groups -OCH3 is 1. The van der Waals surface area contributed by atoms with Gasteiger partial charge in [-0.05, 0) is 47.5 Å². The minimum atomic E-state index is -0.0589. The highest BCUT2D eigenvalue weighted by atomic mass is 35.5. The maximum Gasteiger partial charge on any atom is 0.176 e. The molecule has 0 aliphatic carbocycles. The van der Waals surface area contributed by atoms with E-state index in [-0.39, 0.29) is 10.8 Å². The van der Waals surface area contributed by atoms with Gasteiger partial charge in [0.05, 0.1) is 23.3 Å². The second kappa shape index (κ2) is 5.94. The number of pyridine rings is 1. The van der Waals surface area contributed by atoms with Crippen LogP contribution in [0.5, 0.6) is 11.5 Å². The Morgan fingerprint density at radius 1 is 1.04 bits per heavy atom. The number of aryl methyl sites for hydroxylation is 1. The number of fused-ring (bicyclic) bond motifs is 3. The van der Waals surface area contributed by atoms with Gasteiger partial charge in [-0.3, -0.25) is 0 Å². The minimum absolute atomic E-state index is 0.0589. The lowest BCUT2D eigenvalue weighted by Gasteiger charge is -2.12. The number of phenolic OH excluding ortho intramolecular Hbond substituents is 1. The van der Waals surface area contributed by atoms with Crippen molar-refractivity contribution in [2.24, 2.45) is 0 Å². The van der Waals surface area contributed by atoms with Crippen LogP contribution in [0.1, 0.15) is 5.56 Å². The lowest BCUT2D eigenvalue weighted by atomic mass is 9.99. The van der Waals surface area contributed by atoms with Crippen LogP contribution in [0.2, 0.25) is 5.02 Å². The first kappa shape index (κ1) is 15.7. The van der Waals surface area contributed by atoms with E-state index in [1.54, 1.807) is 12.1 Å². The van der Waals surface area contributed by atoms with Crippen LogP contribution < -0.4 is 4.74 Å². The summed E-state index contributed by atoms with van der Waals surface area (Å²) in [4.78, 5) is 4.81. The summed E-state index contributed by atoms with van der Waals surface area (Å²) in [5.74, 6) is 0.275. The van der Waals surface area contributed by atoms with Crippen molar-refractivity contribution in [3.63, 3.8) is 0 Å². The van der Waals surface area contributed by atoms with Crippen LogP contribution in [0.4, 0.5) is 0 Å². The van der Waals surface area contributed by atoms with Gasteiger partial charge in [0, 0.05) is 10.9 Å². The fourth-order valence-corrected chi connectivity index (χ4v) is 3.44. The third kappa shape index (κ3) is 2.57. The van der Waals surface area contributed by atoms with Crippen molar-refractivity contribution in [1.82, 2.24) is 4.98 Å². The lowest BCUT2D eigenvalue weighted by Crippen LogP contribution is -1.92. The summed E-state index contributed by atoms with van der Waals surface area (Å²) in [6.45, 7) is 2.08. The average molecular weight is 350 g/mol. The molecular weight excluding hydrogens is 334 g/mol. The number of benzene rings is 3. The van der Waals surface area contributed by atoms with E-state index in [9.17, 15) is 5.11 Å². The van der Waals surface area contributed by atoms with E-state index in [2.05, 4.69) is 25.1 Å². The number of phenols is 1. The Hall–Kier alpha value is -2.78. The molecule has 4 rings (SSSR count). The summed E-state index contributed by atoms with van der Waals surface area (Å²) < 4.78 is 5.20. The molecule has 0 atom stereocenters. The summed E-state index contributed by atoms with van der Waals surface area (Å²) in [6, 6.07) is 17.9. The number of halogens is 1. The Labute approximate surface area is 150 Å². The quantitative estimate of drug-likeness (QED) is 0.470. The molecule has 1 aromatic heterocycles. The molecule has 0 unspecified atom stereocenters. The molecule has 0 amide bonds. The largest absolute Gasteiger partial charge is 0.503 e. The van der Waals surface area contributed by atoms with Gasteiger partial charge in [-0.25, -0.2) is 4.98 Å². The number of hydrogen-bond acceptors (Lipinski definition) is 3. The zero-order valence-electron chi connectivity index (χ0n) is 13.9. The number of hydrogen-bond donors (Lipinski definition) is 1. The Bertz CT molecular complexity index is 1120. The van der Waals surface area contributed by atoms with E-state index in [1.165, 1.54) is 17.9 Å². The van der Waals surface area contributed by atoms with Crippen molar-refractivity contribution >= 4 is 33.3 Å². The van der Waals surface area contributed by atoms with Gasteiger partial charge >= 0.3 is 0 Å². The molecule has 0 radical (unpaired) electrons. The second-order valence-electron chi connectivity index (χ2n) is 6.01. The van der Waals surface area contributed by atoms with Crippen molar-refractivity contribution < 1.29 is 9.84 Å². The number of nitrogens with zero attached hydrogens (tertiary/aromatic N) is 1. The molecule has 1 N–H and O–H groups in total. The number of rotatable bonds is 2. The maximum atomic E-state index is 9.94. The van der Waals surface area contributed by atoms with E-state index in [1.807, 2.05) is 24.3 Å². The number of aromatic hydroxyl groups is 1. The molecule has 25 heavy (non-hydrogen) atoms. The van der Waals surface area contributed by atoms with Crippen LogP contribution in [0.15, 0.2) is 54.6 Å². The van der Waals surface area contributed by atoms with E-state index >= 15 is 0 Å². The van der Waals surface area contributed by atoms with Gasteiger partial charge in [0.1, 0.15) is 0 Å². The molecule has 3 aromatic carbocycles. The maximum absolute atomic E-state index is 9.94. The highest BCUT2D eigenvalue weighted by Crippen LogP contribution is 2.39.